The van der Waals surface area contributed by atoms with E-state index in [0.717, 1.165) is 27.4 Å². The molecule has 0 saturated carbocycles. The van der Waals surface area contributed by atoms with Gasteiger partial charge in [0.15, 0.2) is 11.2 Å². The molecule has 1 unspecified atom stereocenters. The molecule has 4 nitrogen and oxygen atoms in total. The van der Waals surface area contributed by atoms with Gasteiger partial charge in [0, 0.05) is 5.56 Å². The minimum atomic E-state index is -0.648. The molecule has 0 radical (unpaired) electrons. The van der Waals surface area contributed by atoms with Crippen molar-refractivity contribution in [1.29, 1.82) is 0 Å². The fourth-order valence-electron chi connectivity index (χ4n) is 4.59. The molecule has 0 N–H and O–H groups in total. The first-order valence-electron chi connectivity index (χ1n) is 10.8. The summed E-state index contributed by atoms with van der Waals surface area (Å²) in [5.41, 5.74) is 4.27. The minimum absolute atomic E-state index is 0.00470. The smallest absolute Gasteiger partial charge is 0.227 e. The van der Waals surface area contributed by atoms with Crippen molar-refractivity contribution in [2.45, 2.75) is 18.5 Å². The topological polar surface area (TPSA) is 50.8 Å². The second-order valence-corrected chi connectivity index (χ2v) is 8.26. The molecular weight excluding hydrogens is 394 g/mol. The normalized spacial score (nSPS) is 17.2. The lowest BCUT2D eigenvalue weighted by molar-refractivity contribution is 0.435. The van der Waals surface area contributed by atoms with Crippen LogP contribution < -0.4 is 10.7 Å². The molecule has 2 heterocycles. The fraction of sp³-hybridized carbons (Fsp3) is 0.107. The van der Waals surface area contributed by atoms with Gasteiger partial charge in [-0.15, -0.1) is 0 Å². The molecular formula is C28H21N3O. The number of hydrogen-bond donors (Lipinski definition) is 0. The molecule has 0 spiro atoms. The molecule has 6 rings (SSSR count). The third-order valence-corrected chi connectivity index (χ3v) is 6.02. The Balaban J connectivity index is 1.48. The summed E-state index contributed by atoms with van der Waals surface area (Å²) in [5, 5.41) is 1.76. The summed E-state index contributed by atoms with van der Waals surface area (Å²) in [4.78, 5) is 14.9. The highest BCUT2D eigenvalue weighted by Crippen LogP contribution is 2.38. The van der Waals surface area contributed by atoms with Crippen molar-refractivity contribution < 1.29 is 4.42 Å². The molecule has 154 valence electrons. The first-order valence-corrected chi connectivity index (χ1v) is 10.8. The summed E-state index contributed by atoms with van der Waals surface area (Å²) in [7, 11) is 0. The lowest BCUT2D eigenvalue weighted by atomic mass is 9.82. The van der Waals surface area contributed by atoms with E-state index in [4.69, 9.17) is 14.4 Å². The molecule has 0 fully saturated rings. The molecule has 4 aromatic carbocycles. The van der Waals surface area contributed by atoms with Crippen molar-refractivity contribution in [2.75, 3.05) is 0 Å². The molecule has 4 heteroatoms. The Labute approximate surface area is 185 Å². The Bertz CT molecular complexity index is 1470. The number of rotatable bonds is 4. The Morgan fingerprint density at radius 3 is 2.00 bits per heavy atom. The molecule has 5 aromatic rings. The predicted molar refractivity (Wildman–Crippen MR) is 125 cm³/mol. The zero-order valence-electron chi connectivity index (χ0n) is 17.6. The third kappa shape index (κ3) is 3.12. The molecule has 32 heavy (non-hydrogen) atoms. The number of nitrogens with zero attached hydrogens (tertiary/aromatic N) is 3. The predicted octanol–water partition coefficient (Wildman–Crippen LogP) is 5.30. The zero-order chi connectivity index (χ0) is 21.5. The first kappa shape index (κ1) is 18.7. The Morgan fingerprint density at radius 1 is 0.688 bits per heavy atom. The van der Waals surface area contributed by atoms with Gasteiger partial charge in [0.05, 0.1) is 16.6 Å². The van der Waals surface area contributed by atoms with E-state index in [1.807, 2.05) is 54.6 Å². The van der Waals surface area contributed by atoms with Crippen molar-refractivity contribution in [3.8, 4) is 11.5 Å². The van der Waals surface area contributed by atoms with E-state index in [0.29, 0.717) is 5.89 Å². The summed E-state index contributed by atoms with van der Waals surface area (Å²) in [6.07, 6.45) is 0. The average molecular weight is 415 g/mol. The largest absolute Gasteiger partial charge is 0.436 e. The Morgan fingerprint density at radius 2 is 1.31 bits per heavy atom. The maximum Gasteiger partial charge on any atom is 0.227 e. The van der Waals surface area contributed by atoms with Crippen LogP contribution in [0.5, 0.6) is 0 Å². The molecule has 0 aliphatic carbocycles. The summed E-state index contributed by atoms with van der Waals surface area (Å²) < 4.78 is 5.97. The minimum Gasteiger partial charge on any atom is -0.436 e. The number of aromatic nitrogens is 1. The van der Waals surface area contributed by atoms with Crippen molar-refractivity contribution in [2.24, 2.45) is 9.98 Å². The standard InChI is InChI=1S/C28H21N3O/c1-28(26(19-10-4-2-5-11-19)20-12-6-3-7-13-20)30-22-17-16-21(18-24(22)31-28)27-29-23-14-8-9-15-25(23)32-27/h2-18,26H,1H3. The van der Waals surface area contributed by atoms with Crippen LogP contribution in [0.3, 0.4) is 0 Å². The van der Waals surface area contributed by atoms with Crippen LogP contribution in [0.15, 0.2) is 118 Å². The van der Waals surface area contributed by atoms with E-state index < -0.39 is 5.66 Å². The molecule has 0 amide bonds. The van der Waals surface area contributed by atoms with Crippen LogP contribution in [-0.2, 0) is 0 Å². The molecule has 0 bridgehead atoms. The van der Waals surface area contributed by atoms with Crippen LogP contribution in [0, 0.1) is 0 Å². The van der Waals surface area contributed by atoms with Gasteiger partial charge in [0.2, 0.25) is 5.89 Å². The zero-order valence-corrected chi connectivity index (χ0v) is 17.6. The summed E-state index contributed by atoms with van der Waals surface area (Å²) in [5.74, 6) is 0.602. The summed E-state index contributed by atoms with van der Waals surface area (Å²) >= 11 is 0. The summed E-state index contributed by atoms with van der Waals surface area (Å²) in [6, 6.07) is 34.8. The number of para-hydroxylation sites is 2. The average Bonchev–Trinajstić information content (AvgIpc) is 3.40. The number of oxazole rings is 1. The second-order valence-electron chi connectivity index (χ2n) is 8.26. The van der Waals surface area contributed by atoms with Gasteiger partial charge in [0.1, 0.15) is 5.52 Å². The molecule has 1 aliphatic heterocycles. The number of benzene rings is 4. The van der Waals surface area contributed by atoms with E-state index in [9.17, 15) is 0 Å². The van der Waals surface area contributed by atoms with Crippen LogP contribution >= 0.6 is 0 Å². The first-order chi connectivity index (χ1) is 15.7. The van der Waals surface area contributed by atoms with E-state index in [1.54, 1.807) is 0 Å². The number of hydrogen-bond acceptors (Lipinski definition) is 4. The van der Waals surface area contributed by atoms with Crippen LogP contribution in [0.2, 0.25) is 0 Å². The van der Waals surface area contributed by atoms with Gasteiger partial charge in [-0.1, -0.05) is 72.8 Å². The van der Waals surface area contributed by atoms with Crippen LogP contribution in [0.1, 0.15) is 24.0 Å². The van der Waals surface area contributed by atoms with Crippen molar-refractivity contribution in [3.63, 3.8) is 0 Å². The summed E-state index contributed by atoms with van der Waals surface area (Å²) in [6.45, 7) is 2.11. The molecule has 0 saturated heterocycles. The highest BCUT2D eigenvalue weighted by Gasteiger charge is 2.37. The third-order valence-electron chi connectivity index (χ3n) is 6.02. The van der Waals surface area contributed by atoms with Gasteiger partial charge in [0.25, 0.3) is 0 Å². The van der Waals surface area contributed by atoms with Gasteiger partial charge >= 0.3 is 0 Å². The fourth-order valence-corrected chi connectivity index (χ4v) is 4.59. The van der Waals surface area contributed by atoms with Gasteiger partial charge in [-0.2, -0.15) is 0 Å². The number of fused-ring (bicyclic) bond motifs is 2. The van der Waals surface area contributed by atoms with Gasteiger partial charge in [-0.05, 0) is 48.4 Å². The Kier molecular flexibility index (Phi) is 4.25. The molecule has 1 atom stereocenters. The van der Waals surface area contributed by atoms with E-state index in [2.05, 4.69) is 60.4 Å². The van der Waals surface area contributed by atoms with Gasteiger partial charge in [-0.25, -0.2) is 4.98 Å². The SMILES string of the molecule is CC1(C(c2ccccc2)c2ccccc2)N=c2ccc(-c3nc4ccccc4o3)cc2=N1. The van der Waals surface area contributed by atoms with Crippen molar-refractivity contribution in [1.82, 2.24) is 4.98 Å². The van der Waals surface area contributed by atoms with Crippen LogP contribution in [0.25, 0.3) is 22.6 Å². The highest BCUT2D eigenvalue weighted by atomic mass is 16.3. The van der Waals surface area contributed by atoms with Gasteiger partial charge < -0.3 is 4.42 Å². The quantitative estimate of drug-likeness (QED) is 0.400. The van der Waals surface area contributed by atoms with E-state index >= 15 is 0 Å². The highest BCUT2D eigenvalue weighted by molar-refractivity contribution is 5.75. The lowest BCUT2D eigenvalue weighted by Crippen LogP contribution is -2.29. The van der Waals surface area contributed by atoms with Gasteiger partial charge in [-0.3, -0.25) is 9.98 Å². The van der Waals surface area contributed by atoms with Crippen LogP contribution in [0.4, 0.5) is 0 Å². The maximum atomic E-state index is 5.97. The van der Waals surface area contributed by atoms with E-state index in [1.165, 1.54) is 11.1 Å². The molecule has 1 aliphatic rings. The van der Waals surface area contributed by atoms with Crippen LogP contribution in [-0.4, -0.2) is 10.6 Å². The second kappa shape index (κ2) is 7.27. The molecule has 1 aromatic heterocycles. The monoisotopic (exact) mass is 415 g/mol. The Hall–Kier alpha value is -4.05. The van der Waals surface area contributed by atoms with Crippen molar-refractivity contribution >= 4 is 11.1 Å². The maximum absolute atomic E-state index is 5.97. The van der Waals surface area contributed by atoms with E-state index in [-0.39, 0.29) is 5.92 Å². The van der Waals surface area contributed by atoms with Crippen molar-refractivity contribution in [3.05, 3.63) is 125 Å². The lowest BCUT2D eigenvalue weighted by Gasteiger charge is -2.30.